The van der Waals surface area contributed by atoms with Crippen LogP contribution in [0.25, 0.3) is 0 Å². The quantitative estimate of drug-likeness (QED) is 0.843. The van der Waals surface area contributed by atoms with Crippen molar-refractivity contribution >= 4 is 35.7 Å². The monoisotopic (exact) mass is 308 g/mol. The van der Waals surface area contributed by atoms with Crippen LogP contribution in [0.2, 0.25) is 0 Å². The number of rotatable bonds is 2. The normalized spacial score (nSPS) is 11.1. The molecule has 0 aliphatic rings. The molecule has 80 valence electrons. The lowest BCUT2D eigenvalue weighted by molar-refractivity contribution is 0.608. The van der Waals surface area contributed by atoms with Gasteiger partial charge < -0.3 is 5.73 Å². The molecule has 0 aliphatic carbocycles. The molecule has 0 fully saturated rings. The van der Waals surface area contributed by atoms with Crippen molar-refractivity contribution in [2.75, 3.05) is 0 Å². The maximum absolute atomic E-state index is 11.2. The lowest BCUT2D eigenvalue weighted by Gasteiger charge is -2.07. The van der Waals surface area contributed by atoms with Gasteiger partial charge in [-0.2, -0.15) is 5.26 Å². The minimum atomic E-state index is -3.96. The van der Waals surface area contributed by atoms with Gasteiger partial charge in [0, 0.05) is 21.7 Å². The van der Waals surface area contributed by atoms with Crippen molar-refractivity contribution in [3.63, 3.8) is 0 Å². The number of halogens is 2. The molecule has 1 rings (SSSR count). The van der Waals surface area contributed by atoms with Gasteiger partial charge >= 0.3 is 0 Å². The van der Waals surface area contributed by atoms with E-state index in [1.165, 1.54) is 6.07 Å². The second kappa shape index (κ2) is 4.49. The highest BCUT2D eigenvalue weighted by Gasteiger charge is 2.21. The van der Waals surface area contributed by atoms with E-state index in [0.717, 1.165) is 0 Å². The molecule has 7 heteroatoms. The molecule has 1 aromatic rings. The topological polar surface area (TPSA) is 83.9 Å². The average Bonchev–Trinajstić information content (AvgIpc) is 2.15. The van der Waals surface area contributed by atoms with Crippen LogP contribution in [-0.4, -0.2) is 8.42 Å². The fourth-order valence-electron chi connectivity index (χ4n) is 1.13. The van der Waals surface area contributed by atoms with Crippen LogP contribution in [0.4, 0.5) is 0 Å². The zero-order valence-electron chi connectivity index (χ0n) is 7.37. The Kier molecular flexibility index (Phi) is 3.73. The molecule has 0 spiro atoms. The van der Waals surface area contributed by atoms with Crippen molar-refractivity contribution in [3.05, 3.63) is 27.7 Å². The maximum Gasteiger partial charge on any atom is 0.263 e. The zero-order valence-corrected chi connectivity index (χ0v) is 10.5. The molecule has 0 saturated heterocycles. The van der Waals surface area contributed by atoms with E-state index in [1.807, 2.05) is 0 Å². The lowest BCUT2D eigenvalue weighted by atomic mass is 10.1. The highest BCUT2D eigenvalue weighted by Crippen LogP contribution is 2.30. The van der Waals surface area contributed by atoms with Crippen LogP contribution in [-0.2, 0) is 15.6 Å². The first-order chi connectivity index (χ1) is 6.91. The first kappa shape index (κ1) is 12.5. The summed E-state index contributed by atoms with van der Waals surface area (Å²) in [6.07, 6.45) is 0. The summed E-state index contributed by atoms with van der Waals surface area (Å²) in [5.74, 6) is 0. The van der Waals surface area contributed by atoms with E-state index in [0.29, 0.717) is 5.56 Å². The predicted octanol–water partition coefficient (Wildman–Crippen LogP) is 1.71. The molecule has 0 unspecified atom stereocenters. The van der Waals surface area contributed by atoms with Gasteiger partial charge in [-0.15, -0.1) is 0 Å². The van der Waals surface area contributed by atoms with Gasteiger partial charge in [-0.25, -0.2) is 8.42 Å². The first-order valence-corrected chi connectivity index (χ1v) is 6.88. The molecule has 0 radical (unpaired) electrons. The average molecular weight is 310 g/mol. The summed E-state index contributed by atoms with van der Waals surface area (Å²) in [6, 6.07) is 4.86. The zero-order chi connectivity index (χ0) is 11.6. The molecule has 0 bridgehead atoms. The van der Waals surface area contributed by atoms with Gasteiger partial charge in [0.15, 0.2) is 0 Å². The van der Waals surface area contributed by atoms with E-state index in [9.17, 15) is 8.42 Å². The number of nitrogens with two attached hydrogens (primary N) is 1. The van der Waals surface area contributed by atoms with Gasteiger partial charge in [0.1, 0.15) is 11.0 Å². The summed E-state index contributed by atoms with van der Waals surface area (Å²) >= 11 is 3.03. The van der Waals surface area contributed by atoms with E-state index < -0.39 is 9.05 Å². The van der Waals surface area contributed by atoms with Crippen LogP contribution in [0.5, 0.6) is 0 Å². The summed E-state index contributed by atoms with van der Waals surface area (Å²) in [4.78, 5) is -0.227. The van der Waals surface area contributed by atoms with Gasteiger partial charge in [0.05, 0.1) is 5.56 Å². The number of benzene rings is 1. The molecule has 0 aliphatic heterocycles. The minimum absolute atomic E-state index is 0.0122. The summed E-state index contributed by atoms with van der Waals surface area (Å²) in [7, 11) is 1.27. The molecule has 0 saturated carbocycles. The summed E-state index contributed by atoms with van der Waals surface area (Å²) in [5.41, 5.74) is 5.82. The van der Waals surface area contributed by atoms with Crippen molar-refractivity contribution in [2.45, 2.75) is 11.4 Å². The van der Waals surface area contributed by atoms with Gasteiger partial charge in [-0.05, 0) is 27.6 Å². The molecular formula is C8H6BrClN2O2S. The van der Waals surface area contributed by atoms with Crippen LogP contribution in [0.15, 0.2) is 21.5 Å². The van der Waals surface area contributed by atoms with Crippen molar-refractivity contribution in [1.29, 1.82) is 5.26 Å². The molecule has 0 amide bonds. The second-order valence-corrected chi connectivity index (χ2v) is 6.02. The third kappa shape index (κ3) is 2.49. The van der Waals surface area contributed by atoms with E-state index in [4.69, 9.17) is 21.7 Å². The fraction of sp³-hybridized carbons (Fsp3) is 0.125. The SMILES string of the molecule is N#Cc1c(CN)ccc(Br)c1S(=O)(=O)Cl. The molecule has 4 nitrogen and oxygen atoms in total. The van der Waals surface area contributed by atoms with Crippen LogP contribution >= 0.6 is 26.6 Å². The molecular weight excluding hydrogens is 304 g/mol. The van der Waals surface area contributed by atoms with Crippen molar-refractivity contribution in [2.24, 2.45) is 5.73 Å². The van der Waals surface area contributed by atoms with Crippen molar-refractivity contribution in [3.8, 4) is 6.07 Å². The van der Waals surface area contributed by atoms with Crippen molar-refractivity contribution in [1.82, 2.24) is 0 Å². The Hall–Kier alpha value is -0.610. The maximum atomic E-state index is 11.2. The standard InChI is InChI=1S/C8H6BrClN2O2S/c9-7-2-1-5(3-11)6(4-12)8(7)15(10,13)14/h1-2H,3,11H2. The number of nitriles is 1. The van der Waals surface area contributed by atoms with Crippen LogP contribution in [0.3, 0.4) is 0 Å². The van der Waals surface area contributed by atoms with E-state index >= 15 is 0 Å². The lowest BCUT2D eigenvalue weighted by Crippen LogP contribution is -2.05. The molecule has 1 aromatic carbocycles. The third-order valence-corrected chi connectivity index (χ3v) is 4.07. The Morgan fingerprint density at radius 3 is 2.53 bits per heavy atom. The molecule has 0 heterocycles. The molecule has 2 N–H and O–H groups in total. The van der Waals surface area contributed by atoms with Crippen LogP contribution in [0.1, 0.15) is 11.1 Å². The Morgan fingerprint density at radius 2 is 2.13 bits per heavy atom. The molecule has 0 atom stereocenters. The Balaban J connectivity index is 3.71. The van der Waals surface area contributed by atoms with Gasteiger partial charge in [-0.3, -0.25) is 0 Å². The highest BCUT2D eigenvalue weighted by atomic mass is 79.9. The van der Waals surface area contributed by atoms with Crippen LogP contribution in [0, 0.1) is 11.3 Å². The number of nitrogens with zero attached hydrogens (tertiary/aromatic N) is 1. The minimum Gasteiger partial charge on any atom is -0.326 e. The Bertz CT molecular complexity index is 536. The largest absolute Gasteiger partial charge is 0.326 e. The molecule has 15 heavy (non-hydrogen) atoms. The molecule has 0 aromatic heterocycles. The summed E-state index contributed by atoms with van der Waals surface area (Å²) < 4.78 is 22.7. The van der Waals surface area contributed by atoms with Gasteiger partial charge in [0.25, 0.3) is 9.05 Å². The van der Waals surface area contributed by atoms with E-state index in [-0.39, 0.29) is 21.5 Å². The van der Waals surface area contributed by atoms with Crippen molar-refractivity contribution < 1.29 is 8.42 Å². The number of hydrogen-bond donors (Lipinski definition) is 1. The Labute approximate surface area is 100 Å². The second-order valence-electron chi connectivity index (χ2n) is 2.66. The first-order valence-electron chi connectivity index (χ1n) is 3.78. The fourth-order valence-corrected chi connectivity index (χ4v) is 3.58. The summed E-state index contributed by atoms with van der Waals surface area (Å²) in [5, 5.41) is 8.87. The smallest absolute Gasteiger partial charge is 0.263 e. The third-order valence-electron chi connectivity index (χ3n) is 1.77. The predicted molar refractivity (Wildman–Crippen MR) is 59.8 cm³/mol. The summed E-state index contributed by atoms with van der Waals surface area (Å²) in [6.45, 7) is 0.0790. The Morgan fingerprint density at radius 1 is 1.53 bits per heavy atom. The highest BCUT2D eigenvalue weighted by molar-refractivity contribution is 9.10. The van der Waals surface area contributed by atoms with E-state index in [2.05, 4.69) is 15.9 Å². The van der Waals surface area contributed by atoms with Crippen LogP contribution < -0.4 is 5.73 Å². The number of hydrogen-bond acceptors (Lipinski definition) is 4. The van der Waals surface area contributed by atoms with Gasteiger partial charge in [-0.1, -0.05) is 6.07 Å². The van der Waals surface area contributed by atoms with Gasteiger partial charge in [0.2, 0.25) is 0 Å². The van der Waals surface area contributed by atoms with E-state index in [1.54, 1.807) is 12.1 Å².